The maximum atomic E-state index is 12.9. The van der Waals surface area contributed by atoms with Gasteiger partial charge in [0.15, 0.2) is 0 Å². The van der Waals surface area contributed by atoms with Crippen molar-refractivity contribution < 1.29 is 44.4 Å². The van der Waals surface area contributed by atoms with Crippen LogP contribution in [0.3, 0.4) is 0 Å². The van der Waals surface area contributed by atoms with Crippen molar-refractivity contribution in [1.29, 1.82) is 0 Å². The van der Waals surface area contributed by atoms with Crippen LogP contribution in [0, 0.1) is 58.2 Å². The molecule has 360 valence electrons. The molecule has 0 bridgehead atoms. The zero-order valence-electron chi connectivity index (χ0n) is 40.9. The fourth-order valence-electron chi connectivity index (χ4n) is 14.8. The van der Waals surface area contributed by atoms with Crippen LogP contribution in [0.25, 0.3) is 0 Å². The van der Waals surface area contributed by atoms with Crippen molar-refractivity contribution in [2.45, 2.75) is 259 Å². The predicted octanol–water partition coefficient (Wildman–Crippen LogP) is 15.5. The molecule has 0 aromatic heterocycles. The van der Waals surface area contributed by atoms with Crippen molar-refractivity contribution in [3.63, 3.8) is 0 Å². The number of hydrogen-bond acceptors (Lipinski definition) is 6. The molecule has 0 amide bonds. The number of hydrogen-bond donors (Lipinski definition) is 0. The molecule has 6 fully saturated rings. The Hall–Kier alpha value is 1.11. The second kappa shape index (κ2) is 26.6. The van der Waals surface area contributed by atoms with E-state index in [1.165, 1.54) is 180 Å². The van der Waals surface area contributed by atoms with Gasteiger partial charge in [-0.15, -0.1) is 0 Å². The van der Waals surface area contributed by atoms with Gasteiger partial charge < -0.3 is 27.9 Å². The first-order chi connectivity index (χ1) is 29.3. The average molecular weight is 938 g/mol. The first kappa shape index (κ1) is 54.7. The van der Waals surface area contributed by atoms with E-state index in [0.29, 0.717) is 36.9 Å². The van der Waals surface area contributed by atoms with Crippen LogP contribution in [0.15, 0.2) is 0 Å². The van der Waals surface area contributed by atoms with Crippen molar-refractivity contribution in [3.05, 3.63) is 0 Å². The molecule has 4 aliphatic carbocycles. The van der Waals surface area contributed by atoms with Gasteiger partial charge in [-0.2, -0.15) is 0 Å². The van der Waals surface area contributed by atoms with E-state index in [1.54, 1.807) is 0 Å². The summed E-state index contributed by atoms with van der Waals surface area (Å²) in [4.78, 5) is 25.9. The van der Waals surface area contributed by atoms with E-state index in [9.17, 15) is 9.79 Å². The first-order valence-electron chi connectivity index (χ1n) is 26.9. The minimum Gasteiger partial charge on any atom is -0.786 e. The van der Waals surface area contributed by atoms with Crippen LogP contribution in [0.2, 0.25) is 0 Å². The molecule has 10 unspecified atom stereocenters. The van der Waals surface area contributed by atoms with Gasteiger partial charge in [0.2, 0.25) is 0 Å². The minimum atomic E-state index is -1.99. The van der Waals surface area contributed by atoms with Crippen molar-refractivity contribution in [2.24, 2.45) is 58.2 Å². The van der Waals surface area contributed by atoms with Gasteiger partial charge >= 0.3 is 16.5 Å². The molecule has 6 nitrogen and oxygen atoms in total. The van der Waals surface area contributed by atoms with Crippen LogP contribution in [-0.2, 0) is 34.6 Å². The summed E-state index contributed by atoms with van der Waals surface area (Å²) in [7, 11) is -3.99. The SMILES string of the molecule is CCCCC1C(CCCC)C12CCCCOP([O-])OC21C(CCCC)C1CCCC.CCCCC1C(CCCC)C12CCCCOP([O-])OC21C(CCCC)C1CCCC.[Ni+2]. The third kappa shape index (κ3) is 11.7. The maximum Gasteiger partial charge on any atom is 2.00 e. The summed E-state index contributed by atoms with van der Waals surface area (Å²) < 4.78 is 24.7. The topological polar surface area (TPSA) is 83.0 Å². The predicted molar refractivity (Wildman–Crippen MR) is 250 cm³/mol. The Labute approximate surface area is 390 Å². The molecule has 2 heterocycles. The maximum absolute atomic E-state index is 12.9. The standard InChI is InChI=1S/2C26H48O3P.Ni/c2*1-5-9-15-21-22(16-10-6-2)25(21)19-13-14-20-28-30(27)29-26(25)23(17-11-7-3)24(26)18-12-8-4;/h2*21-24H,5-20H2,1-4H3;/q2*-1;+2. The third-order valence-corrected chi connectivity index (χ3v) is 19.3. The third-order valence-electron chi connectivity index (χ3n) is 17.6. The quantitative estimate of drug-likeness (QED) is 0.0708. The second-order valence-electron chi connectivity index (χ2n) is 20.9. The molecule has 0 aromatic rings. The zero-order chi connectivity index (χ0) is 43.2. The van der Waals surface area contributed by atoms with Crippen LogP contribution in [0.1, 0.15) is 248 Å². The molecular formula is C52H96NiO6P2. The largest absolute Gasteiger partial charge is 2.00 e. The number of unbranched alkanes of at least 4 members (excludes halogenated alkanes) is 8. The van der Waals surface area contributed by atoms with Gasteiger partial charge in [0, 0.05) is 10.8 Å². The summed E-state index contributed by atoms with van der Waals surface area (Å²) in [5, 5.41) is 0. The molecule has 0 N–H and O–H groups in total. The van der Waals surface area contributed by atoms with Crippen LogP contribution in [0.4, 0.5) is 0 Å². The Bertz CT molecular complexity index is 1060. The Kier molecular flexibility index (Phi) is 23.9. The van der Waals surface area contributed by atoms with Gasteiger partial charge in [-0.05, 0) is 124 Å². The molecule has 4 spiro atoms. The molecule has 2 saturated heterocycles. The Morgan fingerprint density at radius 1 is 0.377 bits per heavy atom. The molecular weight excluding hydrogens is 841 g/mol. The number of rotatable bonds is 24. The van der Waals surface area contributed by atoms with Gasteiger partial charge in [0.25, 0.3) is 0 Å². The van der Waals surface area contributed by atoms with Crippen LogP contribution in [0.5, 0.6) is 0 Å². The molecule has 10 atom stereocenters. The monoisotopic (exact) mass is 937 g/mol. The molecule has 6 rings (SSSR count). The fraction of sp³-hybridized carbons (Fsp3) is 1.00. The van der Waals surface area contributed by atoms with E-state index in [2.05, 4.69) is 55.4 Å². The van der Waals surface area contributed by atoms with Crippen LogP contribution in [-0.4, -0.2) is 24.4 Å². The molecule has 61 heavy (non-hydrogen) atoms. The first-order valence-corrected chi connectivity index (χ1v) is 29.0. The van der Waals surface area contributed by atoms with E-state index in [1.807, 2.05) is 0 Å². The van der Waals surface area contributed by atoms with Crippen molar-refractivity contribution in [3.8, 4) is 0 Å². The van der Waals surface area contributed by atoms with Crippen molar-refractivity contribution in [2.75, 3.05) is 13.2 Å². The summed E-state index contributed by atoms with van der Waals surface area (Å²) in [6.45, 7) is 19.7. The van der Waals surface area contributed by atoms with E-state index >= 15 is 0 Å². The molecule has 9 heteroatoms. The van der Waals surface area contributed by atoms with Crippen LogP contribution < -0.4 is 9.79 Å². The van der Waals surface area contributed by atoms with E-state index in [0.717, 1.165) is 36.5 Å². The van der Waals surface area contributed by atoms with E-state index in [4.69, 9.17) is 18.1 Å². The molecule has 2 aliphatic heterocycles. The van der Waals surface area contributed by atoms with Crippen molar-refractivity contribution in [1.82, 2.24) is 0 Å². The Morgan fingerprint density at radius 3 is 0.836 bits per heavy atom. The van der Waals surface area contributed by atoms with Gasteiger partial charge in [0.05, 0.1) is 41.6 Å². The van der Waals surface area contributed by atoms with E-state index in [-0.39, 0.29) is 38.5 Å². The smallest absolute Gasteiger partial charge is 0.786 e. The van der Waals surface area contributed by atoms with Crippen molar-refractivity contribution >= 4 is 17.2 Å². The summed E-state index contributed by atoms with van der Waals surface area (Å²) >= 11 is 0. The van der Waals surface area contributed by atoms with Gasteiger partial charge in [-0.3, -0.25) is 0 Å². The van der Waals surface area contributed by atoms with Gasteiger partial charge in [0.1, 0.15) is 0 Å². The molecule has 4 saturated carbocycles. The summed E-state index contributed by atoms with van der Waals surface area (Å²) in [6.07, 6.45) is 37.8. The summed E-state index contributed by atoms with van der Waals surface area (Å²) in [6, 6.07) is 0. The number of fused-ring (bicyclic) bond motifs is 2. The summed E-state index contributed by atoms with van der Waals surface area (Å²) in [5.74, 6) is 5.51. The van der Waals surface area contributed by atoms with Crippen LogP contribution >= 0.6 is 17.2 Å². The van der Waals surface area contributed by atoms with E-state index < -0.39 is 17.2 Å². The van der Waals surface area contributed by atoms with Gasteiger partial charge in [-0.25, -0.2) is 0 Å². The fourth-order valence-corrected chi connectivity index (χ4v) is 16.9. The minimum absolute atomic E-state index is 0. The Morgan fingerprint density at radius 2 is 0.607 bits per heavy atom. The zero-order valence-corrected chi connectivity index (χ0v) is 43.7. The average Bonchev–Trinajstić information content (AvgIpc) is 4.21. The van der Waals surface area contributed by atoms with Gasteiger partial charge in [-0.1, -0.05) is 171 Å². The molecule has 0 radical (unpaired) electrons. The Balaban J connectivity index is 0.000000264. The normalized spacial score (nSPS) is 40.2. The summed E-state index contributed by atoms with van der Waals surface area (Å²) in [5.41, 5.74) is 0.220. The second-order valence-corrected chi connectivity index (χ2v) is 22.6. The molecule has 6 aliphatic rings. The molecule has 0 aromatic carbocycles.